The van der Waals surface area contributed by atoms with E-state index in [2.05, 4.69) is 246 Å². The van der Waals surface area contributed by atoms with Gasteiger partial charge in [-0.25, -0.2) is 19.9 Å². The third-order valence-electron chi connectivity index (χ3n) is 17.6. The summed E-state index contributed by atoms with van der Waals surface area (Å²) >= 11 is 2.28. The van der Waals surface area contributed by atoms with Gasteiger partial charge >= 0.3 is 59.7 Å². The van der Waals surface area contributed by atoms with Crippen LogP contribution < -0.4 is 9.47 Å². The molecule has 0 spiro atoms. The van der Waals surface area contributed by atoms with Crippen LogP contribution in [0.1, 0.15) is 49.9 Å². The normalized spacial score (nSPS) is 13.0. The zero-order valence-electron chi connectivity index (χ0n) is 48.8. The van der Waals surface area contributed by atoms with Gasteiger partial charge in [0.15, 0.2) is 0 Å². The van der Waals surface area contributed by atoms with Gasteiger partial charge in [0.05, 0.1) is 22.1 Å². The summed E-state index contributed by atoms with van der Waals surface area (Å²) in [6.45, 7) is 15.0. The van der Waals surface area contributed by atoms with Crippen molar-refractivity contribution in [3.63, 3.8) is 0 Å². The maximum absolute atomic E-state index is 6.59. The number of para-hydroxylation sites is 4. The Bertz CT molecular complexity index is 5270. The third-order valence-corrected chi connectivity index (χ3v) is 17.7. The first-order valence-corrected chi connectivity index (χ1v) is 29.8. The number of ether oxygens (including phenoxy) is 2. The molecule has 438 valence electrons. The summed E-state index contributed by atoms with van der Waals surface area (Å²) in [7, 11) is 0. The maximum atomic E-state index is 6.59. The Labute approximate surface area is 541 Å². The Kier molecular flexibility index (Phi) is 13.7. The summed E-state index contributed by atoms with van der Waals surface area (Å²) in [5, 5.41) is 11.8. The Morgan fingerprint density at radius 3 is 1.41 bits per heavy atom. The molecule has 0 saturated heterocycles. The smallest absolute Gasteiger partial charge is 2.00 e. The number of fused-ring (bicyclic) bond motifs is 16. The molecule has 2 aliphatic rings. The number of aromatic nitrogens is 8. The van der Waals surface area contributed by atoms with Crippen molar-refractivity contribution in [2.75, 3.05) is 0 Å². The van der Waals surface area contributed by atoms with Gasteiger partial charge in [0.2, 0.25) is 0 Å². The van der Waals surface area contributed by atoms with Crippen molar-refractivity contribution in [2.45, 2.75) is 38.5 Å². The van der Waals surface area contributed by atoms with Crippen LogP contribution in [0.15, 0.2) is 235 Å². The topological polar surface area (TPSA) is 116 Å². The first kappa shape index (κ1) is 56.1. The minimum atomic E-state index is -0.163. The van der Waals surface area contributed by atoms with Gasteiger partial charge in [-0.05, 0) is 94.7 Å². The molecule has 13 nitrogen and oxygen atoms in total. The molecule has 16 aromatic rings. The van der Waals surface area contributed by atoms with Gasteiger partial charge in [-0.3, -0.25) is 9.13 Å². The van der Waals surface area contributed by atoms with E-state index < -0.39 is 0 Å². The molecular weight excluding hydrogens is 1300 g/mol. The van der Waals surface area contributed by atoms with Gasteiger partial charge < -0.3 is 18.6 Å². The van der Waals surface area contributed by atoms with E-state index >= 15 is 0 Å². The second-order valence-corrected chi connectivity index (χ2v) is 23.4. The number of nitrogens with zero attached hydrogens (tertiary/aromatic N) is 10. The van der Waals surface area contributed by atoms with Gasteiger partial charge in [-0.1, -0.05) is 136 Å². The van der Waals surface area contributed by atoms with Crippen LogP contribution in [-0.2, 0) is 55.2 Å². The molecule has 15 heteroatoms. The summed E-state index contributed by atoms with van der Waals surface area (Å²) in [4.78, 5) is 22.7. The third kappa shape index (κ3) is 8.78. The summed E-state index contributed by atoms with van der Waals surface area (Å²) < 4.78 is 24.8. The largest absolute Gasteiger partial charge is 2.00 e. The molecule has 0 bridgehead atoms. The van der Waals surface area contributed by atoms with E-state index in [1.165, 1.54) is 60.2 Å². The molecule has 10 heterocycles. The van der Waals surface area contributed by atoms with Crippen molar-refractivity contribution in [3.05, 3.63) is 277 Å². The fourth-order valence-corrected chi connectivity index (χ4v) is 13.7. The molecule has 8 aromatic carbocycles. The Morgan fingerprint density at radius 1 is 0.411 bits per heavy atom. The number of benzene rings is 8. The van der Waals surface area contributed by atoms with Gasteiger partial charge in [0, 0.05) is 103 Å². The average Bonchev–Trinajstić information content (AvgIpc) is 1.52. The van der Waals surface area contributed by atoms with Gasteiger partial charge in [0.25, 0.3) is 0 Å². The maximum Gasteiger partial charge on any atom is 2.00 e. The Morgan fingerprint density at radius 2 is 0.844 bits per heavy atom. The van der Waals surface area contributed by atoms with Crippen molar-refractivity contribution in [1.29, 1.82) is 0 Å². The Hall–Kier alpha value is -10.4. The van der Waals surface area contributed by atoms with E-state index in [0.717, 1.165) is 84.0 Å². The number of hydrogen-bond acceptors (Lipinski definition) is 8. The predicted molar refractivity (Wildman–Crippen MR) is 346 cm³/mol. The van der Waals surface area contributed by atoms with E-state index in [1.807, 2.05) is 85.5 Å². The molecule has 0 aliphatic carbocycles. The van der Waals surface area contributed by atoms with Crippen LogP contribution in [0.25, 0.3) is 116 Å². The van der Waals surface area contributed by atoms with Gasteiger partial charge in [0.1, 0.15) is 34.8 Å². The molecule has 0 radical (unpaired) electrons. The van der Waals surface area contributed by atoms with Gasteiger partial charge in [-0.15, -0.1) is 35.0 Å². The van der Waals surface area contributed by atoms with Crippen LogP contribution in [-0.4, -0.2) is 38.2 Å². The van der Waals surface area contributed by atoms with Crippen molar-refractivity contribution in [3.8, 4) is 46.3 Å². The summed E-state index contributed by atoms with van der Waals surface area (Å²) in [6, 6.07) is 78.5. The van der Waals surface area contributed by atoms with Crippen LogP contribution in [0.2, 0.25) is 0 Å². The molecule has 0 fully saturated rings. The monoisotopic (exact) mass is 1350 g/mol. The van der Waals surface area contributed by atoms with E-state index in [4.69, 9.17) is 26.0 Å². The molecule has 0 amide bonds. The number of pyridine rings is 4. The predicted octanol–water partition coefficient (Wildman–Crippen LogP) is 18.3. The first-order chi connectivity index (χ1) is 43.6. The van der Waals surface area contributed by atoms with E-state index in [9.17, 15) is 0 Å². The van der Waals surface area contributed by atoms with Crippen molar-refractivity contribution in [2.24, 2.45) is 3.73 Å². The zero-order chi connectivity index (χ0) is 60.1. The quantitative estimate of drug-likeness (QED) is 0.0886. The first-order valence-electron chi connectivity index (χ1n) is 29.1. The molecule has 0 atom stereocenters. The van der Waals surface area contributed by atoms with Crippen LogP contribution in [0, 0.1) is 18.7 Å². The van der Waals surface area contributed by atoms with Crippen molar-refractivity contribution < 1.29 is 53.9 Å². The van der Waals surface area contributed by atoms with Crippen molar-refractivity contribution in [1.82, 2.24) is 38.2 Å². The molecule has 18 rings (SSSR count). The zero-order valence-corrected chi connectivity index (χ0v) is 51.9. The number of hydrogen-bond donors (Lipinski definition) is 0. The fourth-order valence-electron chi connectivity index (χ4n) is 13.7. The molecule has 0 N–H and O–H groups in total. The minimum Gasteiger partial charge on any atom is 2.00 e. The van der Waals surface area contributed by atoms with E-state index in [1.54, 1.807) is 0 Å². The molecule has 0 saturated carbocycles. The molecule has 8 aromatic heterocycles. The SMILES string of the molecule is CC1(C)c2cccnc2-n2c3[c-]c(Oc4[c-]c5c(cc4)c4ccccc4n5-c4ccccn4)ccc3c3cccc1c32.CC1(C)c2cccnc2-n2c3cc(Oc4ccc5c6ccccc6n(-c6ccccn6)c5c4)ccc3c3cccc1c32.[C-]#[N+]O[N]=[Pd].[Pd+2]. The van der Waals surface area contributed by atoms with Crippen LogP contribution >= 0.6 is 0 Å². The standard InChI is InChI=1S/C37H26N4O.C37H24N4O.CN2O.2Pd/c2*1-37(2)29-11-7-10-28-27-18-16-24(22-33(27)41(35(28)29)36-30(37)12-8-20-39-36)42-23-15-17-26-25-9-3-4-13-31(25)40(32(26)21-23)34-14-5-6-19-38-34;1-3-4-2;;/h3-22H,1-2H3;3-20H,1-2H3;;;/q;-2;;;+2. The van der Waals surface area contributed by atoms with E-state index in [-0.39, 0.29) is 31.3 Å². The van der Waals surface area contributed by atoms with E-state index in [0.29, 0.717) is 11.5 Å². The number of rotatable bonds is 7. The summed E-state index contributed by atoms with van der Waals surface area (Å²) in [6.07, 6.45) is 7.40. The molecule has 90 heavy (non-hydrogen) atoms. The average molecular weight is 1350 g/mol. The van der Waals surface area contributed by atoms with Crippen LogP contribution in [0.5, 0.6) is 23.0 Å². The fraction of sp³-hybridized carbons (Fsp3) is 0.0800. The van der Waals surface area contributed by atoms with Gasteiger partial charge in [-0.2, -0.15) is 12.1 Å². The molecule has 0 unspecified atom stereocenters. The summed E-state index contributed by atoms with van der Waals surface area (Å²) in [5.74, 6) is 6.46. The summed E-state index contributed by atoms with van der Waals surface area (Å²) in [5.41, 5.74) is 13.3. The minimum absolute atomic E-state index is 0. The van der Waals surface area contributed by atoms with Crippen LogP contribution in [0.4, 0.5) is 0 Å². The second-order valence-electron chi connectivity index (χ2n) is 23.1. The molecular formula is C75H50N10O3Pd2. The molecule has 2 aliphatic heterocycles. The Balaban J connectivity index is 0.000000138. The second kappa shape index (κ2) is 22.0. The van der Waals surface area contributed by atoms with Crippen molar-refractivity contribution >= 4 is 87.2 Å². The van der Waals surface area contributed by atoms with Crippen LogP contribution in [0.3, 0.4) is 0 Å².